The van der Waals surface area contributed by atoms with Crippen molar-refractivity contribution < 1.29 is 14.2 Å². The summed E-state index contributed by atoms with van der Waals surface area (Å²) in [5.41, 5.74) is 2.24. The van der Waals surface area contributed by atoms with Crippen molar-refractivity contribution in [2.75, 3.05) is 31.7 Å². The lowest BCUT2D eigenvalue weighted by Crippen LogP contribution is -2.23. The molecule has 1 aromatic rings. The van der Waals surface area contributed by atoms with Crippen molar-refractivity contribution >= 4 is 5.69 Å². The van der Waals surface area contributed by atoms with Gasteiger partial charge in [0, 0.05) is 37.4 Å². The number of methoxy groups -OCH3 is 1. The largest absolute Gasteiger partial charge is 0.389 e. The second-order valence-corrected chi connectivity index (χ2v) is 5.39. The van der Waals surface area contributed by atoms with Crippen molar-refractivity contribution in [3.8, 4) is 0 Å². The minimum atomic E-state index is -0.661. The molecule has 106 valence electrons. The molecule has 0 aliphatic carbocycles. The second kappa shape index (κ2) is 5.88. The number of ether oxygens (including phenoxy) is 1. The Morgan fingerprint density at radius 1 is 1.53 bits per heavy atom. The van der Waals surface area contributed by atoms with Gasteiger partial charge in [-0.15, -0.1) is 0 Å². The zero-order valence-corrected chi connectivity index (χ0v) is 11.8. The van der Waals surface area contributed by atoms with E-state index in [1.54, 1.807) is 21.0 Å². The molecule has 1 aromatic carbocycles. The van der Waals surface area contributed by atoms with E-state index < -0.39 is 6.10 Å². The molecule has 1 unspecified atom stereocenters. The van der Waals surface area contributed by atoms with Crippen LogP contribution in [0.4, 0.5) is 10.1 Å². The van der Waals surface area contributed by atoms with Gasteiger partial charge in [0.05, 0.1) is 12.7 Å². The van der Waals surface area contributed by atoms with Gasteiger partial charge in [-0.25, -0.2) is 4.39 Å². The van der Waals surface area contributed by atoms with E-state index in [1.165, 1.54) is 6.07 Å². The fourth-order valence-electron chi connectivity index (χ4n) is 2.71. The van der Waals surface area contributed by atoms with Crippen molar-refractivity contribution in [1.29, 1.82) is 0 Å². The molecule has 2 atom stereocenters. The van der Waals surface area contributed by atoms with E-state index in [0.717, 1.165) is 31.8 Å². The smallest absolute Gasteiger partial charge is 0.126 e. The maximum absolute atomic E-state index is 13.7. The molecule has 0 aromatic heterocycles. The van der Waals surface area contributed by atoms with E-state index >= 15 is 0 Å². The van der Waals surface area contributed by atoms with Crippen molar-refractivity contribution in [3.63, 3.8) is 0 Å². The van der Waals surface area contributed by atoms with Crippen LogP contribution in [0.15, 0.2) is 12.1 Å². The van der Waals surface area contributed by atoms with Gasteiger partial charge in [-0.1, -0.05) is 0 Å². The molecular formula is C15H22FNO2. The molecule has 1 heterocycles. The second-order valence-electron chi connectivity index (χ2n) is 5.39. The third kappa shape index (κ3) is 3.07. The third-order valence-electron chi connectivity index (χ3n) is 3.79. The Balaban J connectivity index is 2.26. The lowest BCUT2D eigenvalue weighted by Gasteiger charge is -2.24. The molecule has 1 aliphatic rings. The minimum Gasteiger partial charge on any atom is -0.389 e. The zero-order chi connectivity index (χ0) is 14.0. The zero-order valence-electron chi connectivity index (χ0n) is 11.8. The maximum Gasteiger partial charge on any atom is 0.126 e. The maximum atomic E-state index is 13.7. The van der Waals surface area contributed by atoms with Crippen molar-refractivity contribution in [2.24, 2.45) is 5.92 Å². The average Bonchev–Trinajstić information content (AvgIpc) is 2.81. The van der Waals surface area contributed by atoms with E-state index in [1.807, 2.05) is 6.07 Å². The molecule has 3 nitrogen and oxygen atoms in total. The van der Waals surface area contributed by atoms with Crippen LogP contribution in [-0.2, 0) is 4.74 Å². The summed E-state index contributed by atoms with van der Waals surface area (Å²) in [4.78, 5) is 2.22. The van der Waals surface area contributed by atoms with Crippen molar-refractivity contribution in [2.45, 2.75) is 26.4 Å². The van der Waals surface area contributed by atoms with Crippen LogP contribution in [0.2, 0.25) is 0 Å². The summed E-state index contributed by atoms with van der Waals surface area (Å²) in [7, 11) is 1.71. The number of aliphatic hydroxyl groups is 1. The number of nitrogens with zero attached hydrogens (tertiary/aromatic N) is 1. The van der Waals surface area contributed by atoms with Crippen LogP contribution in [0.3, 0.4) is 0 Å². The van der Waals surface area contributed by atoms with Gasteiger partial charge in [-0.05, 0) is 38.0 Å². The molecule has 2 rings (SSSR count). The highest BCUT2D eigenvalue weighted by atomic mass is 19.1. The Kier molecular flexibility index (Phi) is 4.42. The molecule has 0 saturated carbocycles. The number of aryl methyl sites for hydroxylation is 1. The number of halogens is 1. The number of hydrogen-bond donors (Lipinski definition) is 1. The van der Waals surface area contributed by atoms with Gasteiger partial charge in [0.15, 0.2) is 0 Å². The first kappa shape index (κ1) is 14.3. The first-order chi connectivity index (χ1) is 9.02. The van der Waals surface area contributed by atoms with Gasteiger partial charge in [0.25, 0.3) is 0 Å². The predicted octanol–water partition coefficient (Wildman–Crippen LogP) is 2.66. The summed E-state index contributed by atoms with van der Waals surface area (Å²) < 4.78 is 18.8. The van der Waals surface area contributed by atoms with Crippen LogP contribution in [0.5, 0.6) is 0 Å². The number of hydrogen-bond acceptors (Lipinski definition) is 3. The standard InChI is InChI=1S/C15H22FNO2/c1-10-6-15(13(11(2)18)7-14(10)16)17-5-4-12(8-17)9-19-3/h6-7,11-12,18H,4-5,8-9H2,1-3H3/t11-,12?/m0/s1. The van der Waals surface area contributed by atoms with Crippen molar-refractivity contribution in [1.82, 2.24) is 0 Å². The average molecular weight is 267 g/mol. The van der Waals surface area contributed by atoms with Crippen LogP contribution in [0.25, 0.3) is 0 Å². The van der Waals surface area contributed by atoms with Gasteiger partial charge >= 0.3 is 0 Å². The summed E-state index contributed by atoms with van der Waals surface area (Å²) in [6.45, 7) is 6.02. The predicted molar refractivity (Wildman–Crippen MR) is 74.0 cm³/mol. The Hall–Kier alpha value is -1.13. The van der Waals surface area contributed by atoms with E-state index in [-0.39, 0.29) is 5.82 Å². The highest BCUT2D eigenvalue weighted by molar-refractivity contribution is 5.57. The van der Waals surface area contributed by atoms with Gasteiger partial charge in [-0.2, -0.15) is 0 Å². The van der Waals surface area contributed by atoms with E-state index in [4.69, 9.17) is 4.74 Å². The summed E-state index contributed by atoms with van der Waals surface area (Å²) in [6.07, 6.45) is 0.412. The molecule has 0 amide bonds. The fourth-order valence-corrected chi connectivity index (χ4v) is 2.71. The SMILES string of the molecule is COCC1CCN(c2cc(C)c(F)cc2[C@H](C)O)C1. The summed E-state index contributed by atoms with van der Waals surface area (Å²) >= 11 is 0. The monoisotopic (exact) mass is 267 g/mol. The van der Waals surface area contributed by atoms with Gasteiger partial charge in [-0.3, -0.25) is 0 Å². The van der Waals surface area contributed by atoms with Gasteiger partial charge < -0.3 is 14.7 Å². The topological polar surface area (TPSA) is 32.7 Å². The summed E-state index contributed by atoms with van der Waals surface area (Å²) in [5, 5.41) is 9.83. The number of aliphatic hydroxyl groups excluding tert-OH is 1. The summed E-state index contributed by atoms with van der Waals surface area (Å²) in [5.74, 6) is 0.254. The Labute approximate surface area is 114 Å². The Morgan fingerprint density at radius 2 is 2.26 bits per heavy atom. The van der Waals surface area contributed by atoms with Gasteiger partial charge in [0.2, 0.25) is 0 Å². The highest BCUT2D eigenvalue weighted by Gasteiger charge is 2.25. The lowest BCUT2D eigenvalue weighted by molar-refractivity contribution is 0.161. The van der Waals surface area contributed by atoms with E-state index in [2.05, 4.69) is 4.90 Å². The summed E-state index contributed by atoms with van der Waals surface area (Å²) in [6, 6.07) is 3.30. The van der Waals surface area contributed by atoms with E-state index in [0.29, 0.717) is 17.0 Å². The molecule has 1 saturated heterocycles. The molecule has 0 bridgehead atoms. The number of rotatable bonds is 4. The Morgan fingerprint density at radius 3 is 2.89 bits per heavy atom. The molecule has 1 fully saturated rings. The minimum absolute atomic E-state index is 0.257. The number of anilines is 1. The molecule has 4 heteroatoms. The molecule has 1 aliphatic heterocycles. The van der Waals surface area contributed by atoms with Gasteiger partial charge in [0.1, 0.15) is 5.82 Å². The Bertz CT molecular complexity index is 448. The normalized spacial score (nSPS) is 20.9. The van der Waals surface area contributed by atoms with Crippen molar-refractivity contribution in [3.05, 3.63) is 29.1 Å². The lowest BCUT2D eigenvalue weighted by atomic mass is 10.0. The molecule has 19 heavy (non-hydrogen) atoms. The molecule has 1 N–H and O–H groups in total. The van der Waals surface area contributed by atoms with Crippen LogP contribution < -0.4 is 4.90 Å². The highest BCUT2D eigenvalue weighted by Crippen LogP contribution is 2.32. The van der Waals surface area contributed by atoms with Crippen LogP contribution in [0.1, 0.15) is 30.6 Å². The van der Waals surface area contributed by atoms with Crippen LogP contribution in [0, 0.1) is 18.7 Å². The first-order valence-corrected chi connectivity index (χ1v) is 6.75. The van der Waals surface area contributed by atoms with E-state index in [9.17, 15) is 9.50 Å². The molecular weight excluding hydrogens is 245 g/mol. The van der Waals surface area contributed by atoms with Crippen LogP contribution >= 0.6 is 0 Å². The first-order valence-electron chi connectivity index (χ1n) is 6.75. The molecule has 0 radical (unpaired) electrons. The fraction of sp³-hybridized carbons (Fsp3) is 0.600. The third-order valence-corrected chi connectivity index (χ3v) is 3.79. The molecule has 0 spiro atoms. The van der Waals surface area contributed by atoms with Crippen LogP contribution in [-0.4, -0.2) is 31.9 Å². The quantitative estimate of drug-likeness (QED) is 0.910. The number of benzene rings is 1.